The van der Waals surface area contributed by atoms with Crippen LogP contribution in [0.25, 0.3) is 0 Å². The van der Waals surface area contributed by atoms with Crippen LogP contribution in [0.2, 0.25) is 0 Å². The van der Waals surface area contributed by atoms with Gasteiger partial charge in [0.1, 0.15) is 0 Å². The minimum atomic E-state index is -3.24. The van der Waals surface area contributed by atoms with Gasteiger partial charge in [-0.1, -0.05) is 18.2 Å². The summed E-state index contributed by atoms with van der Waals surface area (Å²) in [6.07, 6.45) is 5.59. The van der Waals surface area contributed by atoms with Crippen molar-refractivity contribution in [3.05, 3.63) is 48.3 Å². The molecule has 0 amide bonds. The van der Waals surface area contributed by atoms with Crippen LogP contribution in [0.15, 0.2) is 52.6 Å². The second-order valence-corrected chi connectivity index (χ2v) is 9.21. The van der Waals surface area contributed by atoms with Gasteiger partial charge in [-0.25, -0.2) is 8.42 Å². The number of aliphatic imine (C=N–C) groups is 1. The van der Waals surface area contributed by atoms with Gasteiger partial charge in [0.15, 0.2) is 15.8 Å². The van der Waals surface area contributed by atoms with Gasteiger partial charge in [-0.2, -0.15) is 5.10 Å². The summed E-state index contributed by atoms with van der Waals surface area (Å²) in [5.74, 6) is 1.43. The summed E-state index contributed by atoms with van der Waals surface area (Å²) >= 11 is 0. The molecule has 1 aliphatic rings. The summed E-state index contributed by atoms with van der Waals surface area (Å²) in [6, 6.07) is 8.61. The van der Waals surface area contributed by atoms with Gasteiger partial charge < -0.3 is 10.2 Å². The highest BCUT2D eigenvalue weighted by Gasteiger charge is 2.26. The Labute approximate surface area is 190 Å². The zero-order valence-electron chi connectivity index (χ0n) is 17.0. The van der Waals surface area contributed by atoms with Gasteiger partial charge in [0.05, 0.1) is 16.8 Å². The van der Waals surface area contributed by atoms with E-state index in [4.69, 9.17) is 0 Å². The molecule has 2 heterocycles. The van der Waals surface area contributed by atoms with Crippen LogP contribution in [0.1, 0.15) is 31.2 Å². The molecule has 1 aromatic heterocycles. The minimum Gasteiger partial charge on any atom is -0.357 e. The second-order valence-electron chi connectivity index (χ2n) is 7.10. The predicted molar refractivity (Wildman–Crippen MR) is 127 cm³/mol. The number of aromatic nitrogens is 2. The van der Waals surface area contributed by atoms with Crippen LogP contribution in [0.5, 0.6) is 0 Å². The molecule has 0 bridgehead atoms. The summed E-state index contributed by atoms with van der Waals surface area (Å²) in [4.78, 5) is 7.31. The van der Waals surface area contributed by atoms with Crippen LogP contribution in [0, 0.1) is 0 Å². The standard InChI is InChI=1S/C20H29N5O2S.HI/c1-3-21-20(25-12-10-17(16-25)18-14-23-24(2)15-18)22-11-7-13-28(26,27)19-8-5-4-6-9-19;/h4-6,8-9,14-15,17H,3,7,10-13,16H2,1-2H3,(H,21,22);1H. The van der Waals surface area contributed by atoms with E-state index in [2.05, 4.69) is 26.5 Å². The fraction of sp³-hybridized carbons (Fsp3) is 0.500. The molecule has 1 saturated heterocycles. The molecule has 1 aromatic carbocycles. The molecule has 1 unspecified atom stereocenters. The lowest BCUT2D eigenvalue weighted by Crippen LogP contribution is -2.40. The zero-order valence-corrected chi connectivity index (χ0v) is 20.1. The van der Waals surface area contributed by atoms with Crippen molar-refractivity contribution in [2.75, 3.05) is 31.9 Å². The molecule has 3 rings (SSSR count). The molecule has 1 fully saturated rings. The number of rotatable bonds is 7. The zero-order chi connectivity index (χ0) is 20.0. The Kier molecular flexibility index (Phi) is 8.94. The van der Waals surface area contributed by atoms with Gasteiger partial charge in [-0.3, -0.25) is 9.67 Å². The van der Waals surface area contributed by atoms with Crippen LogP contribution in [-0.4, -0.2) is 61.0 Å². The Morgan fingerprint density at radius 3 is 2.72 bits per heavy atom. The lowest BCUT2D eigenvalue weighted by molar-refractivity contribution is 0.486. The van der Waals surface area contributed by atoms with Crippen molar-refractivity contribution < 1.29 is 8.42 Å². The topological polar surface area (TPSA) is 79.6 Å². The number of aryl methyl sites for hydroxylation is 1. The van der Waals surface area contributed by atoms with Crippen molar-refractivity contribution >= 4 is 39.8 Å². The number of hydrogen-bond acceptors (Lipinski definition) is 4. The fourth-order valence-electron chi connectivity index (χ4n) is 3.49. The van der Waals surface area contributed by atoms with Crippen molar-refractivity contribution in [1.29, 1.82) is 0 Å². The van der Waals surface area contributed by atoms with Crippen molar-refractivity contribution in [3.63, 3.8) is 0 Å². The molecule has 0 spiro atoms. The minimum absolute atomic E-state index is 0. The van der Waals surface area contributed by atoms with Crippen molar-refractivity contribution in [2.45, 2.75) is 30.6 Å². The second kappa shape index (κ2) is 11.0. The number of nitrogens with zero attached hydrogens (tertiary/aromatic N) is 4. The molecule has 29 heavy (non-hydrogen) atoms. The van der Waals surface area contributed by atoms with Crippen LogP contribution >= 0.6 is 24.0 Å². The van der Waals surface area contributed by atoms with Crippen LogP contribution in [0.3, 0.4) is 0 Å². The van der Waals surface area contributed by atoms with Crippen LogP contribution < -0.4 is 5.32 Å². The molecule has 1 aliphatic heterocycles. The smallest absolute Gasteiger partial charge is 0.193 e. The average molecular weight is 531 g/mol. The molecule has 9 heteroatoms. The van der Waals surface area contributed by atoms with Gasteiger partial charge in [0.2, 0.25) is 0 Å². The Balaban J connectivity index is 0.00000300. The van der Waals surface area contributed by atoms with Crippen LogP contribution in [0.4, 0.5) is 0 Å². The van der Waals surface area contributed by atoms with Gasteiger partial charge in [-0.05, 0) is 37.5 Å². The molecule has 1 N–H and O–H groups in total. The third-order valence-electron chi connectivity index (χ3n) is 4.95. The highest BCUT2D eigenvalue weighted by molar-refractivity contribution is 14.0. The molecule has 1 atom stereocenters. The maximum absolute atomic E-state index is 12.4. The molecule has 0 saturated carbocycles. The number of hydrogen-bond donors (Lipinski definition) is 1. The number of nitrogens with one attached hydrogen (secondary N) is 1. The first-order chi connectivity index (χ1) is 13.5. The maximum atomic E-state index is 12.4. The lowest BCUT2D eigenvalue weighted by atomic mass is 10.0. The molecule has 160 valence electrons. The summed E-state index contributed by atoms with van der Waals surface area (Å²) in [5, 5.41) is 7.61. The number of guanidine groups is 1. The van der Waals surface area contributed by atoms with Crippen LogP contribution in [-0.2, 0) is 16.9 Å². The summed E-state index contributed by atoms with van der Waals surface area (Å²) in [7, 11) is -1.31. The first kappa shape index (κ1) is 23.7. The van der Waals surface area contributed by atoms with Gasteiger partial charge in [0.25, 0.3) is 0 Å². The Bertz CT molecular complexity index is 899. The van der Waals surface area contributed by atoms with E-state index in [1.807, 2.05) is 30.9 Å². The average Bonchev–Trinajstić information content (AvgIpc) is 3.34. The van der Waals surface area contributed by atoms with E-state index in [0.29, 0.717) is 23.8 Å². The molecular formula is C20H30IN5O2S. The predicted octanol–water partition coefficient (Wildman–Crippen LogP) is 2.66. The number of benzene rings is 1. The number of halogens is 1. The highest BCUT2D eigenvalue weighted by Crippen LogP contribution is 2.26. The first-order valence-corrected chi connectivity index (χ1v) is 11.4. The molecule has 2 aromatic rings. The van der Waals surface area contributed by atoms with E-state index >= 15 is 0 Å². The largest absolute Gasteiger partial charge is 0.357 e. The highest BCUT2D eigenvalue weighted by atomic mass is 127. The maximum Gasteiger partial charge on any atom is 0.193 e. The summed E-state index contributed by atoms with van der Waals surface area (Å²) in [6.45, 7) is 5.16. The fourth-order valence-corrected chi connectivity index (χ4v) is 4.80. The molecular weight excluding hydrogens is 501 g/mol. The van der Waals surface area contributed by atoms with E-state index in [1.54, 1.807) is 24.3 Å². The third-order valence-corrected chi connectivity index (χ3v) is 6.77. The van der Waals surface area contributed by atoms with Gasteiger partial charge >= 0.3 is 0 Å². The molecule has 0 radical (unpaired) electrons. The van der Waals surface area contributed by atoms with Crippen molar-refractivity contribution in [1.82, 2.24) is 20.0 Å². The van der Waals surface area contributed by atoms with Gasteiger partial charge in [-0.15, -0.1) is 24.0 Å². The van der Waals surface area contributed by atoms with Crippen molar-refractivity contribution in [3.8, 4) is 0 Å². The summed E-state index contributed by atoms with van der Waals surface area (Å²) < 4.78 is 26.6. The van der Waals surface area contributed by atoms with E-state index < -0.39 is 9.84 Å². The van der Waals surface area contributed by atoms with E-state index in [0.717, 1.165) is 32.0 Å². The normalized spacial score (nSPS) is 17.2. The SMILES string of the molecule is CCNC(=NCCCS(=O)(=O)c1ccccc1)N1CCC(c2cnn(C)c2)C1.I. The van der Waals surface area contributed by atoms with Crippen molar-refractivity contribution in [2.24, 2.45) is 12.0 Å². The third kappa shape index (κ3) is 6.43. The monoisotopic (exact) mass is 531 g/mol. The Morgan fingerprint density at radius 2 is 2.07 bits per heavy atom. The summed E-state index contributed by atoms with van der Waals surface area (Å²) in [5.41, 5.74) is 1.26. The molecule has 7 nitrogen and oxygen atoms in total. The number of sulfone groups is 1. The van der Waals surface area contributed by atoms with E-state index in [9.17, 15) is 8.42 Å². The Hall–Kier alpha value is -1.62. The van der Waals surface area contributed by atoms with Gasteiger partial charge in [0, 0.05) is 45.3 Å². The molecule has 0 aliphatic carbocycles. The quantitative estimate of drug-likeness (QED) is 0.257. The Morgan fingerprint density at radius 1 is 1.31 bits per heavy atom. The van der Waals surface area contributed by atoms with E-state index in [-0.39, 0.29) is 29.7 Å². The number of likely N-dealkylation sites (tertiary alicyclic amines) is 1. The lowest BCUT2D eigenvalue weighted by Gasteiger charge is -2.21. The van der Waals surface area contributed by atoms with E-state index in [1.165, 1.54) is 5.56 Å². The first-order valence-electron chi connectivity index (χ1n) is 9.79.